The molecule has 0 aliphatic rings. The molecule has 0 saturated carbocycles. The monoisotopic (exact) mass is 425 g/mol. The minimum Gasteiger partial charge on any atom is -0.490 e. The van der Waals surface area contributed by atoms with Crippen LogP contribution in [0.4, 0.5) is 0 Å². The maximum Gasteiger partial charge on any atom is 0.219 e. The molecule has 0 amide bonds. The van der Waals surface area contributed by atoms with Gasteiger partial charge in [-0.1, -0.05) is 25.1 Å². The van der Waals surface area contributed by atoms with Crippen molar-refractivity contribution < 1.29 is 9.47 Å². The molecule has 2 heterocycles. The van der Waals surface area contributed by atoms with E-state index in [1.54, 1.807) is 24.6 Å². The summed E-state index contributed by atoms with van der Waals surface area (Å²) in [5, 5.41) is 7.62. The summed E-state index contributed by atoms with van der Waals surface area (Å²) < 4.78 is 11.5. The first-order chi connectivity index (χ1) is 14.7. The van der Waals surface area contributed by atoms with Crippen LogP contribution in [-0.4, -0.2) is 29.6 Å². The Morgan fingerprint density at radius 2 is 1.80 bits per heavy atom. The highest BCUT2D eigenvalue weighted by Gasteiger charge is 2.07. The summed E-state index contributed by atoms with van der Waals surface area (Å²) in [5.41, 5.74) is 1.02. The van der Waals surface area contributed by atoms with Gasteiger partial charge in [0.1, 0.15) is 5.01 Å². The van der Waals surface area contributed by atoms with Crippen molar-refractivity contribution in [2.24, 2.45) is 4.99 Å². The van der Waals surface area contributed by atoms with E-state index < -0.39 is 0 Å². The van der Waals surface area contributed by atoms with Crippen LogP contribution in [0.3, 0.4) is 0 Å². The molecule has 3 aromatic rings. The van der Waals surface area contributed by atoms with Crippen molar-refractivity contribution in [2.75, 3.05) is 13.7 Å². The van der Waals surface area contributed by atoms with E-state index in [1.165, 1.54) is 4.88 Å². The molecule has 0 saturated heterocycles. The lowest BCUT2D eigenvalue weighted by molar-refractivity contribution is 0.319. The molecular formula is C22H27N5O2S. The third-order valence-electron chi connectivity index (χ3n) is 4.20. The Kier molecular flexibility index (Phi) is 8.02. The first-order valence-electron chi connectivity index (χ1n) is 9.94. The van der Waals surface area contributed by atoms with E-state index in [4.69, 9.17) is 9.47 Å². The second kappa shape index (κ2) is 11.2. The Morgan fingerprint density at radius 3 is 2.47 bits per heavy atom. The summed E-state index contributed by atoms with van der Waals surface area (Å²) in [6, 6.07) is 11.4. The van der Waals surface area contributed by atoms with Crippen LogP contribution >= 0.6 is 11.3 Å². The van der Waals surface area contributed by atoms with Crippen molar-refractivity contribution >= 4 is 17.3 Å². The predicted octanol–water partition coefficient (Wildman–Crippen LogP) is 4.16. The number of benzene rings is 1. The van der Waals surface area contributed by atoms with Crippen molar-refractivity contribution in [1.29, 1.82) is 0 Å². The fraction of sp³-hybridized carbons (Fsp3) is 0.318. The molecule has 0 unspecified atom stereocenters. The highest BCUT2D eigenvalue weighted by Crippen LogP contribution is 2.30. The second-order valence-corrected chi connectivity index (χ2v) is 7.54. The number of nitrogens with one attached hydrogen (secondary N) is 2. The zero-order chi connectivity index (χ0) is 21.2. The molecule has 158 valence electrons. The topological polar surface area (TPSA) is 80.7 Å². The second-order valence-electron chi connectivity index (χ2n) is 6.34. The van der Waals surface area contributed by atoms with E-state index in [9.17, 15) is 0 Å². The highest BCUT2D eigenvalue weighted by molar-refractivity contribution is 7.11. The van der Waals surface area contributed by atoms with E-state index in [0.717, 1.165) is 17.0 Å². The average Bonchev–Trinajstić information content (AvgIpc) is 3.25. The lowest BCUT2D eigenvalue weighted by Gasteiger charge is -2.12. The molecule has 0 spiro atoms. The minimum atomic E-state index is 0.518. The third-order valence-corrected chi connectivity index (χ3v) is 5.34. The number of aromatic nitrogens is 2. The standard InChI is InChI=1S/C22H27N5O2S/c1-4-17-14-25-21(30-17)15-27-22(23-3)26-13-16-10-11-20(24-12-16)29-19-9-7-6-8-18(19)28-5-2/h6-12,14H,4-5,13,15H2,1-3H3,(H2,23,26,27). The Morgan fingerprint density at radius 1 is 1.00 bits per heavy atom. The van der Waals surface area contributed by atoms with Gasteiger partial charge in [-0.05, 0) is 31.0 Å². The van der Waals surface area contributed by atoms with E-state index in [-0.39, 0.29) is 0 Å². The van der Waals surface area contributed by atoms with Gasteiger partial charge in [-0.25, -0.2) is 9.97 Å². The van der Waals surface area contributed by atoms with E-state index >= 15 is 0 Å². The maximum atomic E-state index is 5.86. The summed E-state index contributed by atoms with van der Waals surface area (Å²) in [6.45, 7) is 5.90. The molecule has 0 aliphatic carbocycles. The number of ether oxygens (including phenoxy) is 2. The Hall–Kier alpha value is -3.13. The maximum absolute atomic E-state index is 5.86. The quantitative estimate of drug-likeness (QED) is 0.396. The third kappa shape index (κ3) is 6.18. The van der Waals surface area contributed by atoms with Crippen LogP contribution < -0.4 is 20.1 Å². The lowest BCUT2D eigenvalue weighted by atomic mass is 10.3. The molecule has 30 heavy (non-hydrogen) atoms. The van der Waals surface area contributed by atoms with Gasteiger partial charge in [0.25, 0.3) is 0 Å². The van der Waals surface area contributed by atoms with Crippen LogP contribution in [0.15, 0.2) is 53.8 Å². The Bertz CT molecular complexity index is 956. The van der Waals surface area contributed by atoms with Gasteiger partial charge in [-0.15, -0.1) is 11.3 Å². The molecule has 0 bridgehead atoms. The van der Waals surface area contributed by atoms with Crippen LogP contribution in [0.1, 0.15) is 29.3 Å². The van der Waals surface area contributed by atoms with Crippen LogP contribution in [-0.2, 0) is 19.5 Å². The number of aliphatic imine (C=N–C) groups is 1. The largest absolute Gasteiger partial charge is 0.490 e. The van der Waals surface area contributed by atoms with Crippen molar-refractivity contribution in [3.8, 4) is 17.4 Å². The number of rotatable bonds is 9. The number of nitrogens with zero attached hydrogens (tertiary/aromatic N) is 3. The molecule has 1 aromatic carbocycles. The predicted molar refractivity (Wildman–Crippen MR) is 120 cm³/mol. The van der Waals surface area contributed by atoms with Gasteiger partial charge in [0.2, 0.25) is 5.88 Å². The number of aryl methyl sites for hydroxylation is 1. The SMILES string of the molecule is CCOc1ccccc1Oc1ccc(CNC(=NC)NCc2ncc(CC)s2)cn1. The van der Waals surface area contributed by atoms with Crippen LogP contribution in [0.5, 0.6) is 17.4 Å². The van der Waals surface area contributed by atoms with Crippen molar-refractivity contribution in [3.63, 3.8) is 0 Å². The molecule has 0 radical (unpaired) electrons. The summed E-state index contributed by atoms with van der Waals surface area (Å²) in [5.74, 6) is 2.59. The first kappa shape index (κ1) is 21.6. The Labute approximate surface area is 181 Å². The van der Waals surface area contributed by atoms with Gasteiger partial charge in [0.05, 0.1) is 13.2 Å². The van der Waals surface area contributed by atoms with Gasteiger partial charge < -0.3 is 20.1 Å². The van der Waals surface area contributed by atoms with Crippen molar-refractivity contribution in [3.05, 3.63) is 64.2 Å². The minimum absolute atomic E-state index is 0.518. The van der Waals surface area contributed by atoms with Gasteiger partial charge in [0.15, 0.2) is 17.5 Å². The normalized spacial score (nSPS) is 11.2. The fourth-order valence-electron chi connectivity index (χ4n) is 2.66. The van der Waals surface area contributed by atoms with Gasteiger partial charge >= 0.3 is 0 Å². The number of hydrogen-bond donors (Lipinski definition) is 2. The van der Waals surface area contributed by atoms with E-state index in [2.05, 4.69) is 32.5 Å². The molecular weight excluding hydrogens is 398 g/mol. The molecule has 2 aromatic heterocycles. The first-order valence-corrected chi connectivity index (χ1v) is 10.8. The summed E-state index contributed by atoms with van der Waals surface area (Å²) >= 11 is 1.72. The van der Waals surface area contributed by atoms with Gasteiger partial charge in [-0.2, -0.15) is 0 Å². The van der Waals surface area contributed by atoms with E-state index in [1.807, 2.05) is 49.5 Å². The molecule has 0 fully saturated rings. The van der Waals surface area contributed by atoms with Gasteiger partial charge in [0, 0.05) is 36.9 Å². The summed E-state index contributed by atoms with van der Waals surface area (Å²) in [6.07, 6.45) is 4.72. The smallest absolute Gasteiger partial charge is 0.219 e. The zero-order valence-electron chi connectivity index (χ0n) is 17.5. The molecule has 3 rings (SSSR count). The molecule has 7 nitrogen and oxygen atoms in total. The summed E-state index contributed by atoms with van der Waals surface area (Å²) in [4.78, 5) is 14.4. The number of guanidine groups is 1. The van der Waals surface area contributed by atoms with E-state index in [0.29, 0.717) is 43.0 Å². The van der Waals surface area contributed by atoms with Crippen LogP contribution in [0.25, 0.3) is 0 Å². The number of para-hydroxylation sites is 2. The van der Waals surface area contributed by atoms with Crippen LogP contribution in [0, 0.1) is 0 Å². The molecule has 0 atom stereocenters. The fourth-order valence-corrected chi connectivity index (χ4v) is 3.46. The summed E-state index contributed by atoms with van der Waals surface area (Å²) in [7, 11) is 1.75. The van der Waals surface area contributed by atoms with Crippen molar-refractivity contribution in [1.82, 2.24) is 20.6 Å². The van der Waals surface area contributed by atoms with Crippen molar-refractivity contribution in [2.45, 2.75) is 33.4 Å². The number of pyridine rings is 1. The lowest BCUT2D eigenvalue weighted by Crippen LogP contribution is -2.36. The zero-order valence-corrected chi connectivity index (χ0v) is 18.3. The average molecular weight is 426 g/mol. The number of thiazole rings is 1. The van der Waals surface area contributed by atoms with Gasteiger partial charge in [-0.3, -0.25) is 4.99 Å². The molecule has 2 N–H and O–H groups in total. The molecule has 8 heteroatoms. The highest BCUT2D eigenvalue weighted by atomic mass is 32.1. The molecule has 0 aliphatic heterocycles. The Balaban J connectivity index is 1.51. The van der Waals surface area contributed by atoms with Crippen LogP contribution in [0.2, 0.25) is 0 Å². The number of hydrogen-bond acceptors (Lipinski definition) is 6.